The minimum absolute atomic E-state index is 0.147. The standard InChI is InChI=1S/C11H14O2S2/c12-11(13)8-4-1-2-5-9(8)15-10-6-3-7-14-10/h3,6-9H,1-2,4-5H2,(H,12,13). The van der Waals surface area contributed by atoms with Gasteiger partial charge < -0.3 is 5.11 Å². The van der Waals surface area contributed by atoms with Crippen LogP contribution in [0.2, 0.25) is 0 Å². The van der Waals surface area contributed by atoms with Gasteiger partial charge in [0.15, 0.2) is 0 Å². The van der Waals surface area contributed by atoms with E-state index in [0.717, 1.165) is 19.3 Å². The van der Waals surface area contributed by atoms with Crippen molar-refractivity contribution in [1.82, 2.24) is 0 Å². The predicted molar refractivity (Wildman–Crippen MR) is 63.6 cm³/mol. The molecule has 2 nitrogen and oxygen atoms in total. The van der Waals surface area contributed by atoms with Crippen molar-refractivity contribution in [2.75, 3.05) is 0 Å². The SMILES string of the molecule is O=C(O)C1CCCCC1Sc1cccs1. The Morgan fingerprint density at radius 1 is 1.47 bits per heavy atom. The molecule has 2 unspecified atom stereocenters. The molecule has 2 rings (SSSR count). The van der Waals surface area contributed by atoms with Gasteiger partial charge in [0.2, 0.25) is 0 Å². The molecule has 1 aliphatic carbocycles. The summed E-state index contributed by atoms with van der Waals surface area (Å²) in [6.07, 6.45) is 4.13. The van der Waals surface area contributed by atoms with Crippen LogP contribution in [-0.2, 0) is 4.79 Å². The number of thioether (sulfide) groups is 1. The molecular formula is C11H14O2S2. The van der Waals surface area contributed by atoms with Gasteiger partial charge in [0.1, 0.15) is 0 Å². The summed E-state index contributed by atoms with van der Waals surface area (Å²) in [5.74, 6) is -0.769. The van der Waals surface area contributed by atoms with Crippen molar-refractivity contribution < 1.29 is 9.90 Å². The number of hydrogen-bond acceptors (Lipinski definition) is 3. The van der Waals surface area contributed by atoms with E-state index in [9.17, 15) is 4.79 Å². The van der Waals surface area contributed by atoms with Gasteiger partial charge in [-0.1, -0.05) is 18.9 Å². The lowest BCUT2D eigenvalue weighted by atomic mass is 9.89. The molecule has 1 aromatic rings. The first-order chi connectivity index (χ1) is 7.27. The molecule has 0 aliphatic heterocycles. The number of carboxylic acid groups (broad SMARTS) is 1. The van der Waals surface area contributed by atoms with E-state index in [1.165, 1.54) is 10.6 Å². The second-order valence-electron chi connectivity index (χ2n) is 3.82. The van der Waals surface area contributed by atoms with Gasteiger partial charge in [-0.3, -0.25) is 4.79 Å². The van der Waals surface area contributed by atoms with Crippen LogP contribution in [0.4, 0.5) is 0 Å². The Kier molecular flexibility index (Phi) is 3.70. The molecule has 1 saturated carbocycles. The third kappa shape index (κ3) is 2.75. The van der Waals surface area contributed by atoms with Gasteiger partial charge >= 0.3 is 5.97 Å². The summed E-state index contributed by atoms with van der Waals surface area (Å²) in [4.78, 5) is 11.1. The average molecular weight is 242 g/mol. The first-order valence-corrected chi connectivity index (χ1v) is 6.96. The van der Waals surface area contributed by atoms with Gasteiger partial charge in [-0.2, -0.15) is 0 Å². The number of aliphatic carboxylic acids is 1. The molecule has 4 heteroatoms. The maximum atomic E-state index is 11.1. The van der Waals surface area contributed by atoms with E-state index in [0.29, 0.717) is 0 Å². The minimum atomic E-state index is -0.622. The van der Waals surface area contributed by atoms with Crippen molar-refractivity contribution in [2.45, 2.75) is 35.1 Å². The van der Waals surface area contributed by atoms with E-state index < -0.39 is 5.97 Å². The van der Waals surface area contributed by atoms with Gasteiger partial charge in [0.25, 0.3) is 0 Å². The summed E-state index contributed by atoms with van der Waals surface area (Å²) in [6, 6.07) is 4.09. The van der Waals surface area contributed by atoms with Crippen molar-refractivity contribution in [3.63, 3.8) is 0 Å². The van der Waals surface area contributed by atoms with Crippen LogP contribution in [0, 0.1) is 5.92 Å². The third-order valence-electron chi connectivity index (χ3n) is 2.78. The van der Waals surface area contributed by atoms with E-state index >= 15 is 0 Å². The molecule has 1 aromatic heterocycles. The Labute approximate surface area is 97.7 Å². The largest absolute Gasteiger partial charge is 0.481 e. The van der Waals surface area contributed by atoms with E-state index in [2.05, 4.69) is 6.07 Å². The summed E-state index contributed by atoms with van der Waals surface area (Å²) in [7, 11) is 0. The molecule has 0 amide bonds. The molecule has 0 saturated heterocycles. The number of rotatable bonds is 3. The highest BCUT2D eigenvalue weighted by atomic mass is 32.2. The Balaban J connectivity index is 2.02. The number of carboxylic acids is 1. The summed E-state index contributed by atoms with van der Waals surface area (Å²) in [5.41, 5.74) is 0. The molecule has 1 fully saturated rings. The Hall–Kier alpha value is -0.480. The minimum Gasteiger partial charge on any atom is -0.481 e. The molecule has 15 heavy (non-hydrogen) atoms. The van der Waals surface area contributed by atoms with Gasteiger partial charge in [0, 0.05) is 5.25 Å². The molecule has 1 heterocycles. The second kappa shape index (κ2) is 5.03. The van der Waals surface area contributed by atoms with Crippen molar-refractivity contribution in [3.05, 3.63) is 17.5 Å². The summed E-state index contributed by atoms with van der Waals surface area (Å²) in [5, 5.41) is 11.4. The Morgan fingerprint density at radius 3 is 2.93 bits per heavy atom. The zero-order chi connectivity index (χ0) is 10.7. The quantitative estimate of drug-likeness (QED) is 0.881. The first-order valence-electron chi connectivity index (χ1n) is 5.20. The van der Waals surface area contributed by atoms with Crippen LogP contribution >= 0.6 is 23.1 Å². The zero-order valence-corrected chi connectivity index (χ0v) is 10.0. The second-order valence-corrected chi connectivity index (χ2v) is 6.30. The lowest BCUT2D eigenvalue weighted by Crippen LogP contribution is -2.28. The third-order valence-corrected chi connectivity index (χ3v) is 5.26. The number of hydrogen-bond donors (Lipinski definition) is 1. The van der Waals surface area contributed by atoms with E-state index in [1.807, 2.05) is 11.4 Å². The van der Waals surface area contributed by atoms with E-state index in [1.54, 1.807) is 23.1 Å². The number of thiophene rings is 1. The van der Waals surface area contributed by atoms with E-state index in [4.69, 9.17) is 5.11 Å². The Bertz CT molecular complexity index is 321. The van der Waals surface area contributed by atoms with Gasteiger partial charge in [-0.15, -0.1) is 23.1 Å². The monoisotopic (exact) mass is 242 g/mol. The van der Waals surface area contributed by atoms with Crippen molar-refractivity contribution in [1.29, 1.82) is 0 Å². The van der Waals surface area contributed by atoms with Crippen LogP contribution in [0.25, 0.3) is 0 Å². The summed E-state index contributed by atoms with van der Waals surface area (Å²) in [6.45, 7) is 0. The van der Waals surface area contributed by atoms with Crippen LogP contribution in [0.15, 0.2) is 21.7 Å². The van der Waals surface area contributed by atoms with Gasteiger partial charge in [-0.25, -0.2) is 0 Å². The van der Waals surface area contributed by atoms with Crippen LogP contribution in [-0.4, -0.2) is 16.3 Å². The van der Waals surface area contributed by atoms with Gasteiger partial charge in [0.05, 0.1) is 10.1 Å². The highest BCUT2D eigenvalue weighted by Gasteiger charge is 2.31. The fraction of sp³-hybridized carbons (Fsp3) is 0.545. The van der Waals surface area contributed by atoms with Crippen molar-refractivity contribution >= 4 is 29.1 Å². The summed E-state index contributed by atoms with van der Waals surface area (Å²) < 4.78 is 1.24. The highest BCUT2D eigenvalue weighted by molar-refractivity contribution is 8.01. The molecule has 1 N–H and O–H groups in total. The van der Waals surface area contributed by atoms with Crippen molar-refractivity contribution in [3.8, 4) is 0 Å². The maximum absolute atomic E-state index is 11.1. The fourth-order valence-corrected chi connectivity index (χ4v) is 4.37. The molecular weight excluding hydrogens is 228 g/mol. The van der Waals surface area contributed by atoms with Crippen LogP contribution in [0.5, 0.6) is 0 Å². The van der Waals surface area contributed by atoms with E-state index in [-0.39, 0.29) is 11.2 Å². The smallest absolute Gasteiger partial charge is 0.307 e. The molecule has 82 valence electrons. The van der Waals surface area contributed by atoms with Gasteiger partial charge in [-0.05, 0) is 24.3 Å². The predicted octanol–water partition coefficient (Wildman–Crippen LogP) is 3.48. The van der Waals surface area contributed by atoms with Crippen LogP contribution in [0.3, 0.4) is 0 Å². The average Bonchev–Trinajstić information content (AvgIpc) is 2.71. The topological polar surface area (TPSA) is 37.3 Å². The molecule has 0 bridgehead atoms. The first kappa shape index (κ1) is 11.0. The molecule has 1 aliphatic rings. The maximum Gasteiger partial charge on any atom is 0.307 e. The summed E-state index contributed by atoms with van der Waals surface area (Å²) >= 11 is 3.45. The lowest BCUT2D eigenvalue weighted by Gasteiger charge is -2.27. The molecule has 0 spiro atoms. The van der Waals surface area contributed by atoms with Crippen LogP contribution < -0.4 is 0 Å². The van der Waals surface area contributed by atoms with Crippen LogP contribution in [0.1, 0.15) is 25.7 Å². The molecule has 2 atom stereocenters. The zero-order valence-electron chi connectivity index (χ0n) is 8.39. The molecule has 0 radical (unpaired) electrons. The molecule has 0 aromatic carbocycles. The number of carbonyl (C=O) groups is 1. The van der Waals surface area contributed by atoms with Crippen molar-refractivity contribution in [2.24, 2.45) is 5.92 Å². The normalized spacial score (nSPS) is 26.4. The fourth-order valence-electron chi connectivity index (χ4n) is 2.00. The Morgan fingerprint density at radius 2 is 2.27 bits per heavy atom. The lowest BCUT2D eigenvalue weighted by molar-refractivity contribution is -0.142. The highest BCUT2D eigenvalue weighted by Crippen LogP contribution is 2.39.